The zero-order valence-corrected chi connectivity index (χ0v) is 19.8. The maximum absolute atomic E-state index is 13.8. The second-order valence-electron chi connectivity index (χ2n) is 6.54. The quantitative estimate of drug-likeness (QED) is 0.234. The molecule has 0 unspecified atom stereocenters. The van der Waals surface area contributed by atoms with Crippen LogP contribution in [0.3, 0.4) is 0 Å². The molecule has 164 valence electrons. The van der Waals surface area contributed by atoms with Gasteiger partial charge in [0, 0.05) is 29.1 Å². The number of methoxy groups -OCH3 is 1. The van der Waals surface area contributed by atoms with Crippen molar-refractivity contribution in [2.24, 2.45) is 0 Å². The van der Waals surface area contributed by atoms with Gasteiger partial charge in [-0.3, -0.25) is 4.72 Å². The van der Waals surface area contributed by atoms with Crippen molar-refractivity contribution in [2.75, 3.05) is 20.2 Å². The number of unbranched alkanes of at least 4 members (excludes halogenated alkanes) is 1. The van der Waals surface area contributed by atoms with E-state index in [0.29, 0.717) is 27.4 Å². The summed E-state index contributed by atoms with van der Waals surface area (Å²) < 4.78 is 22.0. The average molecular weight is 528 g/mol. The number of hydrogen-bond donors (Lipinski definition) is 3. The van der Waals surface area contributed by atoms with Crippen molar-refractivity contribution in [1.82, 2.24) is 20.0 Å². The van der Waals surface area contributed by atoms with Gasteiger partial charge in [-0.05, 0) is 71.1 Å². The van der Waals surface area contributed by atoms with Crippen molar-refractivity contribution in [1.29, 1.82) is 0 Å². The molecule has 0 fully saturated rings. The van der Waals surface area contributed by atoms with Gasteiger partial charge < -0.3 is 15.0 Å². The summed E-state index contributed by atoms with van der Waals surface area (Å²) in [5.74, 6) is 0.344. The van der Waals surface area contributed by atoms with E-state index < -0.39 is 6.09 Å². The molecule has 3 N–H and O–H groups in total. The van der Waals surface area contributed by atoms with Crippen molar-refractivity contribution in [3.05, 3.63) is 57.9 Å². The standard InChI is InChI=1S/C21H21BrClFN4O2S/c1-30-21(29)25-8-2-3-9-27-31-19-11-14(5-7-16(19)23)20-26-12-18(28-20)13-4-6-15(22)17(24)10-13/h4-7,10-12,27H,2-3,8-9H2,1H3,(H,25,29)(H,26,28). The molecule has 2 aromatic carbocycles. The Morgan fingerprint density at radius 3 is 2.77 bits per heavy atom. The monoisotopic (exact) mass is 526 g/mol. The summed E-state index contributed by atoms with van der Waals surface area (Å²) in [5, 5.41) is 3.28. The minimum Gasteiger partial charge on any atom is -0.453 e. The molecule has 6 nitrogen and oxygen atoms in total. The number of hydrogen-bond acceptors (Lipinski definition) is 5. The van der Waals surface area contributed by atoms with Crippen molar-refractivity contribution in [3.63, 3.8) is 0 Å². The van der Waals surface area contributed by atoms with E-state index >= 15 is 0 Å². The van der Waals surface area contributed by atoms with E-state index in [1.165, 1.54) is 25.1 Å². The number of benzene rings is 2. The summed E-state index contributed by atoms with van der Waals surface area (Å²) in [7, 11) is 1.34. The molecule has 1 aromatic heterocycles. The predicted molar refractivity (Wildman–Crippen MR) is 126 cm³/mol. The summed E-state index contributed by atoms with van der Waals surface area (Å²) in [5.41, 5.74) is 2.32. The molecule has 0 spiro atoms. The van der Waals surface area contributed by atoms with Crippen molar-refractivity contribution >= 4 is 45.6 Å². The first kappa shape index (κ1) is 23.6. The van der Waals surface area contributed by atoms with E-state index in [4.69, 9.17) is 11.6 Å². The maximum atomic E-state index is 13.8. The average Bonchev–Trinajstić information content (AvgIpc) is 3.26. The SMILES string of the molecule is COC(=O)NCCCCNSc1cc(-c2ncc(-c3ccc(Br)c(F)c3)[nH]2)ccc1Cl. The molecular formula is C21H21BrClFN4O2S. The van der Waals surface area contributed by atoms with Gasteiger partial charge in [0.25, 0.3) is 0 Å². The van der Waals surface area contributed by atoms with Crippen LogP contribution in [0.25, 0.3) is 22.6 Å². The Labute approximate surface area is 197 Å². The van der Waals surface area contributed by atoms with Gasteiger partial charge in [-0.2, -0.15) is 0 Å². The molecule has 3 aromatic rings. The van der Waals surface area contributed by atoms with Gasteiger partial charge in [-0.1, -0.05) is 17.7 Å². The molecule has 1 heterocycles. The zero-order valence-electron chi connectivity index (χ0n) is 16.7. The first-order chi connectivity index (χ1) is 15.0. The second-order valence-corrected chi connectivity index (χ2v) is 8.74. The lowest BCUT2D eigenvalue weighted by Crippen LogP contribution is -2.24. The highest BCUT2D eigenvalue weighted by atomic mass is 79.9. The van der Waals surface area contributed by atoms with E-state index in [1.807, 2.05) is 24.3 Å². The van der Waals surface area contributed by atoms with Crippen LogP contribution in [0, 0.1) is 5.82 Å². The topological polar surface area (TPSA) is 79.0 Å². The molecule has 0 bridgehead atoms. The van der Waals surface area contributed by atoms with Crippen molar-refractivity contribution in [2.45, 2.75) is 17.7 Å². The maximum Gasteiger partial charge on any atom is 0.406 e. The van der Waals surface area contributed by atoms with Crippen molar-refractivity contribution in [3.8, 4) is 22.6 Å². The van der Waals surface area contributed by atoms with Crippen LogP contribution in [0.2, 0.25) is 5.02 Å². The van der Waals surface area contributed by atoms with Crippen LogP contribution in [-0.4, -0.2) is 36.3 Å². The number of nitrogens with one attached hydrogen (secondary N) is 3. The molecule has 0 aliphatic rings. The van der Waals surface area contributed by atoms with Gasteiger partial charge in [0.1, 0.15) is 11.6 Å². The summed E-state index contributed by atoms with van der Waals surface area (Å²) in [4.78, 5) is 19.5. The van der Waals surface area contributed by atoms with E-state index in [0.717, 1.165) is 35.5 Å². The number of rotatable bonds is 9. The smallest absolute Gasteiger partial charge is 0.406 e. The summed E-state index contributed by atoms with van der Waals surface area (Å²) >= 11 is 10.9. The molecule has 1 amide bonds. The number of aromatic nitrogens is 2. The number of imidazole rings is 1. The van der Waals surface area contributed by atoms with E-state index in [9.17, 15) is 9.18 Å². The molecule has 0 atom stereocenters. The minimum absolute atomic E-state index is 0.328. The van der Waals surface area contributed by atoms with E-state index in [2.05, 4.69) is 40.7 Å². The van der Waals surface area contributed by atoms with Crippen LogP contribution in [0.4, 0.5) is 9.18 Å². The van der Waals surface area contributed by atoms with Crippen LogP contribution < -0.4 is 10.0 Å². The third-order valence-corrected chi connectivity index (χ3v) is 6.34. The third-order valence-electron chi connectivity index (χ3n) is 4.35. The van der Waals surface area contributed by atoms with E-state index in [-0.39, 0.29) is 5.82 Å². The number of carbonyl (C=O) groups is 1. The molecule has 31 heavy (non-hydrogen) atoms. The van der Waals surface area contributed by atoms with Gasteiger partial charge in [0.2, 0.25) is 0 Å². The van der Waals surface area contributed by atoms with Crippen molar-refractivity contribution < 1.29 is 13.9 Å². The van der Waals surface area contributed by atoms with Crippen LogP contribution in [-0.2, 0) is 4.74 Å². The van der Waals surface area contributed by atoms with Gasteiger partial charge >= 0.3 is 6.09 Å². The fourth-order valence-corrected chi connectivity index (χ4v) is 3.95. The Hall–Kier alpha value is -2.07. The molecule has 0 aliphatic carbocycles. The predicted octanol–water partition coefficient (Wildman–Crippen LogP) is 6.03. The number of ether oxygens (including phenoxy) is 1. The molecule has 0 aliphatic heterocycles. The zero-order chi connectivity index (χ0) is 22.2. The molecule has 0 saturated carbocycles. The fourth-order valence-electron chi connectivity index (χ4n) is 2.72. The second kappa shape index (κ2) is 11.5. The lowest BCUT2D eigenvalue weighted by atomic mass is 10.2. The Morgan fingerprint density at radius 2 is 2.00 bits per heavy atom. The highest BCUT2D eigenvalue weighted by Crippen LogP contribution is 2.31. The molecule has 10 heteroatoms. The summed E-state index contributed by atoms with van der Waals surface area (Å²) in [6.45, 7) is 1.33. The van der Waals surface area contributed by atoms with E-state index in [1.54, 1.807) is 12.3 Å². The third kappa shape index (κ3) is 6.70. The van der Waals surface area contributed by atoms with Crippen LogP contribution in [0.15, 0.2) is 52.0 Å². The fraction of sp³-hybridized carbons (Fsp3) is 0.238. The Kier molecular flexibility index (Phi) is 8.77. The highest BCUT2D eigenvalue weighted by molar-refractivity contribution is 9.10. The number of alkyl carbamates (subject to hydrolysis) is 1. The first-order valence-corrected chi connectivity index (χ1v) is 11.5. The first-order valence-electron chi connectivity index (χ1n) is 9.50. The Balaban J connectivity index is 1.58. The number of aromatic amines is 1. The van der Waals surface area contributed by atoms with Gasteiger partial charge in [0.05, 0.1) is 28.5 Å². The Bertz CT molecular complexity index is 1050. The lowest BCUT2D eigenvalue weighted by molar-refractivity contribution is 0.171. The van der Waals surface area contributed by atoms with Gasteiger partial charge in [-0.15, -0.1) is 0 Å². The number of halogens is 3. The van der Waals surface area contributed by atoms with Crippen LogP contribution >= 0.6 is 39.5 Å². The lowest BCUT2D eigenvalue weighted by Gasteiger charge is -2.08. The number of H-pyrrole nitrogens is 1. The Morgan fingerprint density at radius 1 is 1.23 bits per heavy atom. The molecule has 0 saturated heterocycles. The number of amides is 1. The van der Waals surface area contributed by atoms with Gasteiger partial charge in [-0.25, -0.2) is 14.2 Å². The minimum atomic E-state index is -0.419. The highest BCUT2D eigenvalue weighted by Gasteiger charge is 2.10. The van der Waals surface area contributed by atoms with Gasteiger partial charge in [0.15, 0.2) is 0 Å². The largest absolute Gasteiger partial charge is 0.453 e. The number of carbonyl (C=O) groups excluding carboxylic acids is 1. The molecule has 3 rings (SSSR count). The summed E-state index contributed by atoms with van der Waals surface area (Å²) in [6.07, 6.45) is 2.99. The molecular weight excluding hydrogens is 507 g/mol. The number of nitrogens with zero attached hydrogens (tertiary/aromatic N) is 1. The van der Waals surface area contributed by atoms with Crippen LogP contribution in [0.1, 0.15) is 12.8 Å². The summed E-state index contributed by atoms with van der Waals surface area (Å²) in [6, 6.07) is 10.6. The molecule has 0 radical (unpaired) electrons. The van der Waals surface area contributed by atoms with Crippen LogP contribution in [0.5, 0.6) is 0 Å². The normalized spacial score (nSPS) is 10.8.